The van der Waals surface area contributed by atoms with Crippen LogP contribution in [0.15, 0.2) is 18.2 Å². The van der Waals surface area contributed by atoms with E-state index in [1.54, 1.807) is 0 Å². The van der Waals surface area contributed by atoms with Gasteiger partial charge in [0, 0.05) is 19.3 Å². The maximum absolute atomic E-state index is 13.1. The number of hydrogen-bond acceptors (Lipinski definition) is 5. The molecule has 1 aromatic rings. The van der Waals surface area contributed by atoms with E-state index in [0.717, 1.165) is 11.2 Å². The van der Waals surface area contributed by atoms with Crippen molar-refractivity contribution in [3.05, 3.63) is 23.8 Å². The van der Waals surface area contributed by atoms with Crippen LogP contribution in [0.1, 0.15) is 45.0 Å². The minimum atomic E-state index is -0.588. The fourth-order valence-electron chi connectivity index (χ4n) is 3.96. The summed E-state index contributed by atoms with van der Waals surface area (Å²) in [7, 11) is 1.56. The molecule has 1 amide bonds. The molecule has 1 aromatic carbocycles. The second-order valence-electron chi connectivity index (χ2n) is 8.70. The molecule has 0 radical (unpaired) electrons. The van der Waals surface area contributed by atoms with Crippen LogP contribution < -0.4 is 10.4 Å². The average molecular weight is 358 g/mol. The Kier molecular flexibility index (Phi) is 3.75. The molecule has 3 aliphatic heterocycles. The van der Waals surface area contributed by atoms with Gasteiger partial charge >= 0.3 is 7.12 Å². The summed E-state index contributed by atoms with van der Waals surface area (Å²) < 4.78 is 18.2. The van der Waals surface area contributed by atoms with E-state index >= 15 is 0 Å². The Bertz CT molecular complexity index is 750. The van der Waals surface area contributed by atoms with Gasteiger partial charge in [0.2, 0.25) is 0 Å². The third-order valence-electron chi connectivity index (χ3n) is 6.26. The SMILES string of the molecule is CN1CC2(C)OCCN2C(=O)c2ccc(B3OC(C)(C)C(C)(C)O3)cc21. The van der Waals surface area contributed by atoms with E-state index in [-0.39, 0.29) is 5.91 Å². The Morgan fingerprint density at radius 2 is 1.73 bits per heavy atom. The zero-order chi connectivity index (χ0) is 18.9. The van der Waals surface area contributed by atoms with E-state index in [9.17, 15) is 4.79 Å². The van der Waals surface area contributed by atoms with Crippen molar-refractivity contribution in [1.82, 2.24) is 4.90 Å². The molecule has 1 atom stereocenters. The van der Waals surface area contributed by atoms with Gasteiger partial charge in [0.25, 0.3) is 5.91 Å². The fourth-order valence-corrected chi connectivity index (χ4v) is 3.96. The number of rotatable bonds is 1. The average Bonchev–Trinajstić information content (AvgIpc) is 3.00. The van der Waals surface area contributed by atoms with Gasteiger partial charge in [-0.1, -0.05) is 6.07 Å². The number of anilines is 1. The van der Waals surface area contributed by atoms with E-state index in [4.69, 9.17) is 14.0 Å². The molecule has 0 bridgehead atoms. The molecule has 0 spiro atoms. The van der Waals surface area contributed by atoms with E-state index < -0.39 is 24.0 Å². The molecule has 0 aliphatic carbocycles. The summed E-state index contributed by atoms with van der Waals surface area (Å²) >= 11 is 0. The third kappa shape index (κ3) is 2.48. The number of fused-ring (bicyclic) bond motifs is 2. The van der Waals surface area contributed by atoms with Crippen LogP contribution in [0.4, 0.5) is 5.69 Å². The predicted molar refractivity (Wildman–Crippen MR) is 101 cm³/mol. The molecule has 0 aromatic heterocycles. The summed E-state index contributed by atoms with van der Waals surface area (Å²) in [5, 5.41) is 0. The lowest BCUT2D eigenvalue weighted by Crippen LogP contribution is -2.50. The Hall–Kier alpha value is -1.57. The first kappa shape index (κ1) is 17.8. The zero-order valence-electron chi connectivity index (χ0n) is 16.5. The summed E-state index contributed by atoms with van der Waals surface area (Å²) in [4.78, 5) is 17.0. The first-order valence-electron chi connectivity index (χ1n) is 9.21. The highest BCUT2D eigenvalue weighted by atomic mass is 16.7. The van der Waals surface area contributed by atoms with Crippen LogP contribution in [0.2, 0.25) is 0 Å². The first-order valence-corrected chi connectivity index (χ1v) is 9.21. The maximum atomic E-state index is 13.1. The Labute approximate surface area is 155 Å². The second kappa shape index (κ2) is 5.47. The van der Waals surface area contributed by atoms with Crippen molar-refractivity contribution < 1.29 is 18.8 Å². The Balaban J connectivity index is 1.71. The predicted octanol–water partition coefficient (Wildman–Crippen LogP) is 1.62. The van der Waals surface area contributed by atoms with Crippen LogP contribution in [0, 0.1) is 0 Å². The molecule has 140 valence electrons. The summed E-state index contributed by atoms with van der Waals surface area (Å²) in [6, 6.07) is 5.84. The lowest BCUT2D eigenvalue weighted by molar-refractivity contribution is -0.0444. The molecular weight excluding hydrogens is 331 g/mol. The van der Waals surface area contributed by atoms with Gasteiger partial charge in [-0.15, -0.1) is 0 Å². The number of ether oxygens (including phenoxy) is 1. The van der Waals surface area contributed by atoms with Gasteiger partial charge in [0.1, 0.15) is 0 Å². The summed E-state index contributed by atoms with van der Waals surface area (Å²) in [6.45, 7) is 12.0. The highest BCUT2D eigenvalue weighted by molar-refractivity contribution is 6.62. The van der Waals surface area contributed by atoms with Gasteiger partial charge in [-0.3, -0.25) is 4.79 Å². The number of carbonyl (C=O) groups is 1. The van der Waals surface area contributed by atoms with Crippen molar-refractivity contribution in [2.75, 3.05) is 31.6 Å². The molecule has 3 heterocycles. The van der Waals surface area contributed by atoms with E-state index in [1.165, 1.54) is 0 Å². The third-order valence-corrected chi connectivity index (χ3v) is 6.26. The monoisotopic (exact) mass is 358 g/mol. The van der Waals surface area contributed by atoms with E-state index in [2.05, 4.69) is 4.90 Å². The minimum Gasteiger partial charge on any atom is -0.399 e. The molecule has 26 heavy (non-hydrogen) atoms. The lowest BCUT2D eigenvalue weighted by Gasteiger charge is -2.33. The van der Waals surface area contributed by atoms with Crippen LogP contribution >= 0.6 is 0 Å². The van der Waals surface area contributed by atoms with Crippen molar-refractivity contribution in [3.63, 3.8) is 0 Å². The molecule has 1 unspecified atom stereocenters. The smallest absolute Gasteiger partial charge is 0.399 e. The van der Waals surface area contributed by atoms with Crippen LogP contribution in [0.25, 0.3) is 0 Å². The summed E-state index contributed by atoms with van der Waals surface area (Å²) in [5.74, 6) is 0.0184. The van der Waals surface area contributed by atoms with Gasteiger partial charge < -0.3 is 23.8 Å². The fraction of sp³-hybridized carbons (Fsp3) is 0.632. The summed E-state index contributed by atoms with van der Waals surface area (Å²) in [6.07, 6.45) is 0. The molecule has 0 saturated carbocycles. The van der Waals surface area contributed by atoms with Crippen LogP contribution in [0.3, 0.4) is 0 Å². The van der Waals surface area contributed by atoms with E-state index in [0.29, 0.717) is 25.3 Å². The molecule has 6 nitrogen and oxygen atoms in total. The van der Waals surface area contributed by atoms with Gasteiger partial charge in [-0.25, -0.2) is 0 Å². The number of amides is 1. The number of hydrogen-bond donors (Lipinski definition) is 0. The first-order chi connectivity index (χ1) is 12.0. The highest BCUT2D eigenvalue weighted by Crippen LogP contribution is 2.38. The number of nitrogens with zero attached hydrogens (tertiary/aromatic N) is 2. The quantitative estimate of drug-likeness (QED) is 0.715. The number of carbonyl (C=O) groups excluding carboxylic acids is 1. The van der Waals surface area contributed by atoms with Gasteiger partial charge in [-0.05, 0) is 52.2 Å². The molecule has 2 fully saturated rings. The summed E-state index contributed by atoms with van der Waals surface area (Å²) in [5.41, 5.74) is 1.14. The minimum absolute atomic E-state index is 0.0184. The molecule has 2 saturated heterocycles. The van der Waals surface area contributed by atoms with Crippen molar-refractivity contribution >= 4 is 24.2 Å². The van der Waals surface area contributed by atoms with Gasteiger partial charge in [0.05, 0.1) is 29.9 Å². The van der Waals surface area contributed by atoms with Crippen molar-refractivity contribution in [1.29, 1.82) is 0 Å². The topological polar surface area (TPSA) is 51.2 Å². The Morgan fingerprint density at radius 3 is 2.38 bits per heavy atom. The number of benzene rings is 1. The maximum Gasteiger partial charge on any atom is 0.494 e. The standard InChI is InChI=1S/C19H27BN2O4/c1-17(2)18(3,4)26-20(25-17)13-7-8-14-15(11-13)21(6)12-19(5)22(16(14)23)9-10-24-19/h7-8,11H,9-10,12H2,1-6H3. The zero-order valence-corrected chi connectivity index (χ0v) is 16.5. The van der Waals surface area contributed by atoms with Gasteiger partial charge in [-0.2, -0.15) is 0 Å². The lowest BCUT2D eigenvalue weighted by atomic mass is 9.78. The van der Waals surface area contributed by atoms with Crippen molar-refractivity contribution in [2.45, 2.75) is 51.5 Å². The van der Waals surface area contributed by atoms with Crippen LogP contribution in [0.5, 0.6) is 0 Å². The molecule has 0 N–H and O–H groups in total. The van der Waals surface area contributed by atoms with Gasteiger partial charge in [0.15, 0.2) is 5.72 Å². The Morgan fingerprint density at radius 1 is 1.08 bits per heavy atom. The number of likely N-dealkylation sites (N-methyl/N-ethyl adjacent to an activating group) is 1. The second-order valence-corrected chi connectivity index (χ2v) is 8.70. The molecular formula is C19H27BN2O4. The molecule has 4 rings (SSSR count). The normalized spacial score (nSPS) is 29.6. The largest absolute Gasteiger partial charge is 0.494 e. The van der Waals surface area contributed by atoms with Crippen LogP contribution in [-0.2, 0) is 14.0 Å². The molecule has 7 heteroatoms. The highest BCUT2D eigenvalue weighted by Gasteiger charge is 2.52. The van der Waals surface area contributed by atoms with Crippen molar-refractivity contribution in [3.8, 4) is 0 Å². The molecule has 3 aliphatic rings. The van der Waals surface area contributed by atoms with Crippen molar-refractivity contribution in [2.24, 2.45) is 0 Å². The van der Waals surface area contributed by atoms with E-state index in [1.807, 2.05) is 64.8 Å². The van der Waals surface area contributed by atoms with Crippen LogP contribution in [-0.4, -0.2) is 61.6 Å².